The lowest BCUT2D eigenvalue weighted by molar-refractivity contribution is 0.415. The molecule has 0 fully saturated rings. The van der Waals surface area contributed by atoms with E-state index in [1.165, 1.54) is 10.8 Å². The van der Waals surface area contributed by atoms with E-state index in [2.05, 4.69) is 66.6 Å². The van der Waals surface area contributed by atoms with Crippen LogP contribution in [-0.4, -0.2) is 7.11 Å². The number of hydrogen-bond acceptors (Lipinski definition) is 1. The van der Waals surface area contributed by atoms with Gasteiger partial charge in [-0.15, -0.1) is 6.42 Å². The highest BCUT2D eigenvalue weighted by atomic mass is 16.5. The highest BCUT2D eigenvalue weighted by molar-refractivity contribution is 6.07. The number of terminal acetylenes is 1. The summed E-state index contributed by atoms with van der Waals surface area (Å²) in [6.07, 6.45) is 5.81. The molecule has 1 nitrogen and oxygen atoms in total. The van der Waals surface area contributed by atoms with Crippen LogP contribution in [0.2, 0.25) is 0 Å². The number of ether oxygens (including phenoxy) is 1. The van der Waals surface area contributed by atoms with Crippen LogP contribution in [0.1, 0.15) is 5.56 Å². The Kier molecular flexibility index (Phi) is 3.44. The summed E-state index contributed by atoms with van der Waals surface area (Å²) < 4.78 is 5.42. The van der Waals surface area contributed by atoms with Crippen LogP contribution in [0.25, 0.3) is 32.7 Å². The predicted octanol–water partition coefficient (Wildman–Crippen LogP) is 5.65. The van der Waals surface area contributed by atoms with E-state index in [4.69, 9.17) is 11.2 Å². The van der Waals surface area contributed by atoms with Crippen LogP contribution < -0.4 is 4.74 Å². The summed E-state index contributed by atoms with van der Waals surface area (Å²) in [4.78, 5) is 0. The molecule has 0 atom stereocenters. The van der Waals surface area contributed by atoms with E-state index < -0.39 is 0 Å². The standard InChI is InChI=1S/C23H16O/c1-3-16-11-12-18-13-14-19(24-2)15-22(18)23(16)21-10-6-8-17-7-4-5-9-20(17)21/h1,4-15H,2H3. The van der Waals surface area contributed by atoms with Crippen LogP contribution in [-0.2, 0) is 0 Å². The molecule has 114 valence electrons. The molecule has 0 bridgehead atoms. The molecular formula is C23H16O. The zero-order chi connectivity index (χ0) is 16.5. The van der Waals surface area contributed by atoms with Crippen molar-refractivity contribution in [2.24, 2.45) is 0 Å². The smallest absolute Gasteiger partial charge is 0.119 e. The van der Waals surface area contributed by atoms with Crippen LogP contribution in [0, 0.1) is 12.3 Å². The van der Waals surface area contributed by atoms with Crippen molar-refractivity contribution in [1.29, 1.82) is 0 Å². The fourth-order valence-electron chi connectivity index (χ4n) is 3.28. The predicted molar refractivity (Wildman–Crippen MR) is 101 cm³/mol. The van der Waals surface area contributed by atoms with Gasteiger partial charge < -0.3 is 4.74 Å². The quantitative estimate of drug-likeness (QED) is 0.435. The largest absolute Gasteiger partial charge is 0.497 e. The van der Waals surface area contributed by atoms with Gasteiger partial charge in [0.15, 0.2) is 0 Å². The molecule has 4 rings (SSSR count). The zero-order valence-corrected chi connectivity index (χ0v) is 13.4. The molecule has 0 radical (unpaired) electrons. The molecule has 24 heavy (non-hydrogen) atoms. The number of rotatable bonds is 2. The van der Waals surface area contributed by atoms with Gasteiger partial charge in [-0.25, -0.2) is 0 Å². The highest BCUT2D eigenvalue weighted by Crippen LogP contribution is 2.37. The SMILES string of the molecule is C#Cc1ccc2ccc(OC)cc2c1-c1cccc2ccccc12. The fraction of sp³-hybridized carbons (Fsp3) is 0.0435. The van der Waals surface area contributed by atoms with Crippen molar-refractivity contribution in [3.63, 3.8) is 0 Å². The third-order valence-corrected chi connectivity index (χ3v) is 4.44. The van der Waals surface area contributed by atoms with Gasteiger partial charge in [-0.05, 0) is 45.3 Å². The third kappa shape index (κ3) is 2.21. The van der Waals surface area contributed by atoms with Gasteiger partial charge in [-0.1, -0.05) is 60.5 Å². The molecule has 4 aromatic carbocycles. The van der Waals surface area contributed by atoms with Gasteiger partial charge in [0.25, 0.3) is 0 Å². The van der Waals surface area contributed by atoms with E-state index in [9.17, 15) is 0 Å². The molecular weight excluding hydrogens is 292 g/mol. The van der Waals surface area contributed by atoms with Gasteiger partial charge in [-0.2, -0.15) is 0 Å². The molecule has 0 aliphatic rings. The number of fused-ring (bicyclic) bond motifs is 2. The number of hydrogen-bond donors (Lipinski definition) is 0. The van der Waals surface area contributed by atoms with Crippen molar-refractivity contribution >= 4 is 21.5 Å². The molecule has 0 spiro atoms. The van der Waals surface area contributed by atoms with Crippen LogP contribution in [0.15, 0.2) is 72.8 Å². The molecule has 0 N–H and O–H groups in total. The molecule has 0 aliphatic heterocycles. The summed E-state index contributed by atoms with van der Waals surface area (Å²) in [7, 11) is 1.68. The van der Waals surface area contributed by atoms with E-state index >= 15 is 0 Å². The minimum atomic E-state index is 0.832. The van der Waals surface area contributed by atoms with Crippen molar-refractivity contribution in [2.75, 3.05) is 7.11 Å². The normalized spacial score (nSPS) is 10.7. The molecule has 0 aliphatic carbocycles. The second-order valence-corrected chi connectivity index (χ2v) is 5.75. The maximum absolute atomic E-state index is 5.81. The van der Waals surface area contributed by atoms with Crippen molar-refractivity contribution < 1.29 is 4.74 Å². The lowest BCUT2D eigenvalue weighted by Crippen LogP contribution is -1.90. The molecule has 0 aromatic heterocycles. The molecule has 1 heteroatoms. The van der Waals surface area contributed by atoms with Crippen LogP contribution in [0.4, 0.5) is 0 Å². The van der Waals surface area contributed by atoms with Gasteiger partial charge >= 0.3 is 0 Å². The molecule has 0 saturated carbocycles. The Hall–Kier alpha value is -3.24. The zero-order valence-electron chi connectivity index (χ0n) is 13.4. The van der Waals surface area contributed by atoms with E-state index in [-0.39, 0.29) is 0 Å². The second kappa shape index (κ2) is 5.76. The Bertz CT molecular complexity index is 1090. The van der Waals surface area contributed by atoms with E-state index in [1.54, 1.807) is 7.11 Å². The second-order valence-electron chi connectivity index (χ2n) is 5.75. The Morgan fingerprint density at radius 3 is 2.38 bits per heavy atom. The van der Waals surface area contributed by atoms with Crippen molar-refractivity contribution in [3.8, 4) is 29.2 Å². The number of benzene rings is 4. The molecule has 0 heterocycles. The molecule has 0 unspecified atom stereocenters. The lowest BCUT2D eigenvalue weighted by Gasteiger charge is -2.14. The van der Waals surface area contributed by atoms with E-state index in [0.717, 1.165) is 33.2 Å². The van der Waals surface area contributed by atoms with E-state index in [1.807, 2.05) is 12.1 Å². The first-order chi connectivity index (χ1) is 11.8. The molecule has 0 saturated heterocycles. The van der Waals surface area contributed by atoms with Gasteiger partial charge in [0, 0.05) is 11.1 Å². The first-order valence-corrected chi connectivity index (χ1v) is 7.87. The monoisotopic (exact) mass is 308 g/mol. The Labute approximate surface area is 141 Å². The van der Waals surface area contributed by atoms with Gasteiger partial charge in [0.2, 0.25) is 0 Å². The third-order valence-electron chi connectivity index (χ3n) is 4.44. The summed E-state index contributed by atoms with van der Waals surface area (Å²) in [5, 5.41) is 4.67. The van der Waals surface area contributed by atoms with Gasteiger partial charge in [0.1, 0.15) is 5.75 Å². The molecule has 4 aromatic rings. The molecule has 0 amide bonds. The minimum absolute atomic E-state index is 0.832. The van der Waals surface area contributed by atoms with Crippen molar-refractivity contribution in [3.05, 3.63) is 78.4 Å². The summed E-state index contributed by atoms with van der Waals surface area (Å²) in [6, 6.07) is 24.9. The van der Waals surface area contributed by atoms with Crippen LogP contribution in [0.5, 0.6) is 5.75 Å². The average molecular weight is 308 g/mol. The topological polar surface area (TPSA) is 9.23 Å². The minimum Gasteiger partial charge on any atom is -0.497 e. The Balaban J connectivity index is 2.16. The first kappa shape index (κ1) is 14.4. The van der Waals surface area contributed by atoms with Gasteiger partial charge in [-0.3, -0.25) is 0 Å². The van der Waals surface area contributed by atoms with Crippen LogP contribution >= 0.6 is 0 Å². The summed E-state index contributed by atoms with van der Waals surface area (Å²) in [5.74, 6) is 3.68. The summed E-state index contributed by atoms with van der Waals surface area (Å²) >= 11 is 0. The fourth-order valence-corrected chi connectivity index (χ4v) is 3.28. The maximum Gasteiger partial charge on any atom is 0.119 e. The van der Waals surface area contributed by atoms with Crippen molar-refractivity contribution in [2.45, 2.75) is 0 Å². The van der Waals surface area contributed by atoms with E-state index in [0.29, 0.717) is 0 Å². The summed E-state index contributed by atoms with van der Waals surface area (Å²) in [5.41, 5.74) is 3.14. The lowest BCUT2D eigenvalue weighted by atomic mass is 9.90. The van der Waals surface area contributed by atoms with Crippen LogP contribution in [0.3, 0.4) is 0 Å². The maximum atomic E-state index is 5.81. The number of methoxy groups -OCH3 is 1. The average Bonchev–Trinajstić information content (AvgIpc) is 2.66. The van der Waals surface area contributed by atoms with Crippen molar-refractivity contribution in [1.82, 2.24) is 0 Å². The Morgan fingerprint density at radius 1 is 0.792 bits per heavy atom. The summed E-state index contributed by atoms with van der Waals surface area (Å²) in [6.45, 7) is 0. The Morgan fingerprint density at radius 2 is 1.54 bits per heavy atom. The highest BCUT2D eigenvalue weighted by Gasteiger charge is 2.12. The van der Waals surface area contributed by atoms with Gasteiger partial charge in [0.05, 0.1) is 7.11 Å². The first-order valence-electron chi connectivity index (χ1n) is 7.87.